The van der Waals surface area contributed by atoms with Crippen LogP contribution < -0.4 is 5.32 Å². The minimum absolute atomic E-state index is 0.158. The second kappa shape index (κ2) is 6.75. The van der Waals surface area contributed by atoms with Crippen LogP contribution in [0.4, 0.5) is 4.79 Å². The van der Waals surface area contributed by atoms with Crippen molar-refractivity contribution in [3.8, 4) is 0 Å². The fourth-order valence-corrected chi connectivity index (χ4v) is 3.39. The van der Waals surface area contributed by atoms with Gasteiger partial charge in [-0.05, 0) is 53.4 Å². The van der Waals surface area contributed by atoms with Gasteiger partial charge < -0.3 is 15.0 Å². The van der Waals surface area contributed by atoms with Crippen molar-refractivity contribution in [2.24, 2.45) is 5.92 Å². The molecule has 22 heavy (non-hydrogen) atoms. The lowest BCUT2D eigenvalue weighted by Crippen LogP contribution is -2.58. The predicted octanol–water partition coefficient (Wildman–Crippen LogP) is 2.32. The van der Waals surface area contributed by atoms with Gasteiger partial charge in [0.15, 0.2) is 0 Å². The van der Waals surface area contributed by atoms with E-state index in [1.54, 1.807) is 0 Å². The first-order chi connectivity index (χ1) is 10.1. The Morgan fingerprint density at radius 2 is 1.86 bits per heavy atom. The number of hydrogen-bond acceptors (Lipinski definition) is 4. The zero-order chi connectivity index (χ0) is 16.4. The van der Waals surface area contributed by atoms with Crippen LogP contribution in [-0.4, -0.2) is 66.3 Å². The molecule has 2 rings (SSSR count). The maximum absolute atomic E-state index is 12.1. The third-order valence-electron chi connectivity index (χ3n) is 4.43. The van der Waals surface area contributed by atoms with Crippen molar-refractivity contribution < 1.29 is 9.53 Å². The van der Waals surface area contributed by atoms with E-state index in [9.17, 15) is 4.79 Å². The van der Waals surface area contributed by atoms with E-state index in [4.69, 9.17) is 4.74 Å². The number of nitrogens with zero attached hydrogens (tertiary/aromatic N) is 2. The van der Waals surface area contributed by atoms with Crippen LogP contribution in [0, 0.1) is 5.92 Å². The summed E-state index contributed by atoms with van der Waals surface area (Å²) in [6.45, 7) is 16.4. The Bertz CT molecular complexity index is 382. The van der Waals surface area contributed by atoms with Gasteiger partial charge in [0, 0.05) is 44.8 Å². The van der Waals surface area contributed by atoms with Gasteiger partial charge in [-0.25, -0.2) is 4.79 Å². The number of carbonyl (C=O) groups is 1. The van der Waals surface area contributed by atoms with Gasteiger partial charge in [-0.3, -0.25) is 4.90 Å². The topological polar surface area (TPSA) is 44.8 Å². The molecular formula is C17H33N3O2. The highest BCUT2D eigenvalue weighted by atomic mass is 16.6. The molecule has 1 amide bonds. The summed E-state index contributed by atoms with van der Waals surface area (Å²) in [7, 11) is 0. The van der Waals surface area contributed by atoms with E-state index in [1.165, 1.54) is 0 Å². The molecule has 2 saturated heterocycles. The summed E-state index contributed by atoms with van der Waals surface area (Å²) < 4.78 is 5.46. The Labute approximate surface area is 135 Å². The number of rotatable bonds is 2. The van der Waals surface area contributed by atoms with Crippen LogP contribution in [0.3, 0.4) is 0 Å². The quantitative estimate of drug-likeness (QED) is 0.850. The van der Waals surface area contributed by atoms with Crippen molar-refractivity contribution in [3.63, 3.8) is 0 Å². The highest BCUT2D eigenvalue weighted by Crippen LogP contribution is 2.22. The zero-order valence-corrected chi connectivity index (χ0v) is 14.9. The van der Waals surface area contributed by atoms with Crippen molar-refractivity contribution in [1.29, 1.82) is 0 Å². The van der Waals surface area contributed by atoms with E-state index in [1.807, 2.05) is 25.7 Å². The fraction of sp³-hybridized carbons (Fsp3) is 0.941. The summed E-state index contributed by atoms with van der Waals surface area (Å²) in [5.74, 6) is 0.701. The average molecular weight is 311 g/mol. The van der Waals surface area contributed by atoms with Crippen LogP contribution in [0.25, 0.3) is 0 Å². The molecule has 5 heteroatoms. The van der Waals surface area contributed by atoms with Crippen LogP contribution >= 0.6 is 0 Å². The molecule has 2 aliphatic heterocycles. The second-order valence-corrected chi connectivity index (χ2v) is 8.46. The number of nitrogens with one attached hydrogen (secondary N) is 1. The lowest BCUT2D eigenvalue weighted by atomic mass is 9.94. The molecule has 2 fully saturated rings. The monoisotopic (exact) mass is 311 g/mol. The van der Waals surface area contributed by atoms with Crippen molar-refractivity contribution in [1.82, 2.24) is 15.1 Å². The standard InChI is InChI=1S/C17H33N3O2/c1-16(2,3)22-15(21)20-9-6-14(7-10-20)12-19-11-8-18-17(4,5)13-19/h14,18H,6-13H2,1-5H3. The summed E-state index contributed by atoms with van der Waals surface area (Å²) in [4.78, 5) is 16.5. The Balaban J connectivity index is 1.74. The van der Waals surface area contributed by atoms with Crippen molar-refractivity contribution >= 4 is 6.09 Å². The van der Waals surface area contributed by atoms with Crippen LogP contribution in [-0.2, 0) is 4.74 Å². The largest absolute Gasteiger partial charge is 0.444 e. The van der Waals surface area contributed by atoms with Gasteiger partial charge in [0.1, 0.15) is 5.60 Å². The predicted molar refractivity (Wildman–Crippen MR) is 89.1 cm³/mol. The SMILES string of the molecule is CC1(C)CN(CC2CCN(C(=O)OC(C)(C)C)CC2)CCN1. The lowest BCUT2D eigenvalue weighted by Gasteiger charge is -2.42. The maximum Gasteiger partial charge on any atom is 0.410 e. The number of piperazine rings is 1. The smallest absolute Gasteiger partial charge is 0.410 e. The fourth-order valence-electron chi connectivity index (χ4n) is 3.39. The molecule has 0 saturated carbocycles. The molecule has 0 aromatic rings. The normalized spacial score (nSPS) is 24.3. The molecule has 2 aliphatic rings. The molecule has 0 unspecified atom stereocenters. The number of ether oxygens (including phenoxy) is 1. The number of hydrogen-bond donors (Lipinski definition) is 1. The molecule has 0 aliphatic carbocycles. The Morgan fingerprint density at radius 1 is 1.23 bits per heavy atom. The lowest BCUT2D eigenvalue weighted by molar-refractivity contribution is 0.0161. The summed E-state index contributed by atoms with van der Waals surface area (Å²) in [5.41, 5.74) is -0.185. The first-order valence-corrected chi connectivity index (χ1v) is 8.60. The molecule has 0 radical (unpaired) electrons. The van der Waals surface area contributed by atoms with Crippen LogP contribution in [0.2, 0.25) is 0 Å². The number of piperidine rings is 1. The van der Waals surface area contributed by atoms with Gasteiger partial charge in [-0.2, -0.15) is 0 Å². The molecule has 0 spiro atoms. The van der Waals surface area contributed by atoms with E-state index < -0.39 is 5.60 Å². The van der Waals surface area contributed by atoms with E-state index >= 15 is 0 Å². The first-order valence-electron chi connectivity index (χ1n) is 8.60. The van der Waals surface area contributed by atoms with Crippen molar-refractivity contribution in [2.45, 2.75) is 58.6 Å². The zero-order valence-electron chi connectivity index (χ0n) is 14.9. The highest BCUT2D eigenvalue weighted by molar-refractivity contribution is 5.68. The minimum atomic E-state index is -0.402. The number of amides is 1. The molecule has 1 N–H and O–H groups in total. The number of likely N-dealkylation sites (tertiary alicyclic amines) is 1. The van der Waals surface area contributed by atoms with Gasteiger partial charge in [0.2, 0.25) is 0 Å². The van der Waals surface area contributed by atoms with Crippen LogP contribution in [0.15, 0.2) is 0 Å². The summed E-state index contributed by atoms with van der Waals surface area (Å²) in [6.07, 6.45) is 2.02. The van der Waals surface area contributed by atoms with Crippen LogP contribution in [0.5, 0.6) is 0 Å². The maximum atomic E-state index is 12.1. The number of carbonyl (C=O) groups excluding carboxylic acids is 1. The highest BCUT2D eigenvalue weighted by Gasteiger charge is 2.30. The molecule has 0 atom stereocenters. The Kier molecular flexibility index (Phi) is 5.38. The summed E-state index contributed by atoms with van der Waals surface area (Å²) >= 11 is 0. The first kappa shape index (κ1) is 17.5. The Morgan fingerprint density at radius 3 is 2.41 bits per heavy atom. The molecule has 0 aromatic heterocycles. The van der Waals surface area contributed by atoms with Gasteiger partial charge in [-0.15, -0.1) is 0 Å². The van der Waals surface area contributed by atoms with E-state index in [-0.39, 0.29) is 11.6 Å². The van der Waals surface area contributed by atoms with Crippen molar-refractivity contribution in [3.05, 3.63) is 0 Å². The Hall–Kier alpha value is -0.810. The van der Waals surface area contributed by atoms with Gasteiger partial charge in [-0.1, -0.05) is 0 Å². The third-order valence-corrected chi connectivity index (χ3v) is 4.43. The van der Waals surface area contributed by atoms with Crippen LogP contribution in [0.1, 0.15) is 47.5 Å². The van der Waals surface area contributed by atoms with E-state index in [2.05, 4.69) is 24.1 Å². The summed E-state index contributed by atoms with van der Waals surface area (Å²) in [5, 5.41) is 3.56. The molecule has 0 aromatic carbocycles. The second-order valence-electron chi connectivity index (χ2n) is 8.46. The molecule has 128 valence electrons. The molecular weight excluding hydrogens is 278 g/mol. The van der Waals surface area contributed by atoms with Gasteiger partial charge >= 0.3 is 6.09 Å². The van der Waals surface area contributed by atoms with E-state index in [0.29, 0.717) is 5.92 Å². The van der Waals surface area contributed by atoms with E-state index in [0.717, 1.165) is 52.1 Å². The third kappa shape index (κ3) is 5.43. The minimum Gasteiger partial charge on any atom is -0.444 e. The summed E-state index contributed by atoms with van der Waals surface area (Å²) in [6, 6.07) is 0. The molecule has 5 nitrogen and oxygen atoms in total. The van der Waals surface area contributed by atoms with Gasteiger partial charge in [0.05, 0.1) is 0 Å². The molecule has 2 heterocycles. The molecule has 0 bridgehead atoms. The average Bonchev–Trinajstić information content (AvgIpc) is 2.36. The van der Waals surface area contributed by atoms with Gasteiger partial charge in [0.25, 0.3) is 0 Å². The van der Waals surface area contributed by atoms with Crippen molar-refractivity contribution in [2.75, 3.05) is 39.3 Å².